The molecule has 26 heavy (non-hydrogen) atoms. The average Bonchev–Trinajstić information content (AvgIpc) is 3.14. The number of rotatable bonds is 5. The Hall–Kier alpha value is -3.94. The van der Waals surface area contributed by atoms with Crippen LogP contribution in [0.2, 0.25) is 0 Å². The number of benzene rings is 2. The fourth-order valence-electron chi connectivity index (χ4n) is 2.49. The van der Waals surface area contributed by atoms with E-state index in [9.17, 15) is 10.1 Å². The quantitative estimate of drug-likeness (QED) is 0.409. The van der Waals surface area contributed by atoms with Crippen LogP contribution in [0.4, 0.5) is 17.2 Å². The van der Waals surface area contributed by atoms with E-state index in [4.69, 9.17) is 4.74 Å². The molecule has 0 saturated heterocycles. The molecule has 8 heteroatoms. The third-order valence-corrected chi connectivity index (χ3v) is 3.75. The number of nitro groups is 1. The van der Waals surface area contributed by atoms with Crippen molar-refractivity contribution in [2.75, 3.05) is 5.32 Å². The van der Waals surface area contributed by atoms with Crippen molar-refractivity contribution in [1.82, 2.24) is 15.0 Å². The Labute approximate surface area is 147 Å². The van der Waals surface area contributed by atoms with Crippen LogP contribution in [0.1, 0.15) is 0 Å². The van der Waals surface area contributed by atoms with Crippen LogP contribution >= 0.6 is 0 Å². The normalized spacial score (nSPS) is 10.6. The van der Waals surface area contributed by atoms with Gasteiger partial charge in [0.15, 0.2) is 0 Å². The summed E-state index contributed by atoms with van der Waals surface area (Å²) in [6, 6.07) is 15.2. The van der Waals surface area contributed by atoms with Gasteiger partial charge in [0.05, 0.1) is 10.3 Å². The molecule has 0 unspecified atom stereocenters. The molecule has 0 amide bonds. The standard InChI is InChI=1S/C18H13N5O3/c24-23(25)13-3-7-15(8-4-13)26-14-5-1-12(2-6-14)22-18-16-9-10-19-17(16)20-11-21-18/h1-11H,(H2,19,20,21,22). The monoisotopic (exact) mass is 347 g/mol. The first-order chi connectivity index (χ1) is 12.7. The van der Waals surface area contributed by atoms with Crippen LogP contribution < -0.4 is 10.1 Å². The maximum absolute atomic E-state index is 10.7. The molecule has 0 radical (unpaired) electrons. The van der Waals surface area contributed by atoms with Gasteiger partial charge < -0.3 is 15.0 Å². The third kappa shape index (κ3) is 3.16. The van der Waals surface area contributed by atoms with Crippen molar-refractivity contribution in [2.45, 2.75) is 0 Å². The van der Waals surface area contributed by atoms with E-state index in [1.54, 1.807) is 24.3 Å². The molecule has 2 aromatic heterocycles. The fourth-order valence-corrected chi connectivity index (χ4v) is 2.49. The number of ether oxygens (including phenoxy) is 1. The van der Waals surface area contributed by atoms with E-state index in [1.807, 2.05) is 24.4 Å². The minimum absolute atomic E-state index is 0.0258. The largest absolute Gasteiger partial charge is 0.457 e. The molecule has 128 valence electrons. The topological polar surface area (TPSA) is 106 Å². The highest BCUT2D eigenvalue weighted by Crippen LogP contribution is 2.27. The summed E-state index contributed by atoms with van der Waals surface area (Å²) >= 11 is 0. The Kier molecular flexibility index (Phi) is 3.91. The van der Waals surface area contributed by atoms with Gasteiger partial charge in [-0.25, -0.2) is 9.97 Å². The van der Waals surface area contributed by atoms with E-state index >= 15 is 0 Å². The van der Waals surface area contributed by atoms with Gasteiger partial charge in [0.1, 0.15) is 29.3 Å². The molecule has 0 atom stereocenters. The first-order valence-electron chi connectivity index (χ1n) is 7.76. The number of fused-ring (bicyclic) bond motifs is 1. The number of nitrogens with one attached hydrogen (secondary N) is 2. The molecule has 2 aromatic carbocycles. The zero-order chi connectivity index (χ0) is 17.9. The van der Waals surface area contributed by atoms with Crippen molar-refractivity contribution in [3.8, 4) is 11.5 Å². The molecular weight excluding hydrogens is 334 g/mol. The lowest BCUT2D eigenvalue weighted by molar-refractivity contribution is -0.384. The summed E-state index contributed by atoms with van der Waals surface area (Å²) in [6.07, 6.45) is 3.30. The van der Waals surface area contributed by atoms with Crippen molar-refractivity contribution in [3.63, 3.8) is 0 Å². The molecule has 8 nitrogen and oxygen atoms in total. The van der Waals surface area contributed by atoms with Crippen LogP contribution in [0.25, 0.3) is 11.0 Å². The third-order valence-electron chi connectivity index (χ3n) is 3.75. The van der Waals surface area contributed by atoms with Gasteiger partial charge in [-0.05, 0) is 42.5 Å². The number of non-ortho nitro benzene ring substituents is 1. The highest BCUT2D eigenvalue weighted by Gasteiger charge is 2.07. The Bertz CT molecular complexity index is 1060. The molecule has 0 aliphatic heterocycles. The molecule has 0 aliphatic rings. The molecule has 0 spiro atoms. The second-order valence-corrected chi connectivity index (χ2v) is 5.46. The highest BCUT2D eigenvalue weighted by atomic mass is 16.6. The van der Waals surface area contributed by atoms with Crippen molar-refractivity contribution < 1.29 is 9.66 Å². The van der Waals surface area contributed by atoms with Crippen molar-refractivity contribution in [3.05, 3.63) is 77.2 Å². The second-order valence-electron chi connectivity index (χ2n) is 5.46. The van der Waals surface area contributed by atoms with Crippen LogP contribution in [0.3, 0.4) is 0 Å². The smallest absolute Gasteiger partial charge is 0.269 e. The Balaban J connectivity index is 1.48. The molecule has 2 heterocycles. The first kappa shape index (κ1) is 15.6. The molecule has 0 saturated carbocycles. The van der Waals surface area contributed by atoms with E-state index in [2.05, 4.69) is 20.3 Å². The molecular formula is C18H13N5O3. The van der Waals surface area contributed by atoms with Crippen molar-refractivity contribution >= 4 is 28.2 Å². The predicted molar refractivity (Wildman–Crippen MR) is 96.8 cm³/mol. The van der Waals surface area contributed by atoms with Crippen LogP contribution in [-0.4, -0.2) is 19.9 Å². The van der Waals surface area contributed by atoms with E-state index in [0.717, 1.165) is 16.7 Å². The number of aromatic amines is 1. The Morgan fingerprint density at radius 2 is 1.65 bits per heavy atom. The van der Waals surface area contributed by atoms with Gasteiger partial charge in [-0.1, -0.05) is 0 Å². The molecule has 2 N–H and O–H groups in total. The molecule has 4 aromatic rings. The van der Waals surface area contributed by atoms with Gasteiger partial charge in [0.25, 0.3) is 5.69 Å². The predicted octanol–water partition coefficient (Wildman–Crippen LogP) is 4.40. The van der Waals surface area contributed by atoms with E-state index in [0.29, 0.717) is 17.3 Å². The lowest BCUT2D eigenvalue weighted by Crippen LogP contribution is -1.95. The van der Waals surface area contributed by atoms with E-state index < -0.39 is 4.92 Å². The number of hydrogen-bond donors (Lipinski definition) is 2. The van der Waals surface area contributed by atoms with Crippen molar-refractivity contribution in [1.29, 1.82) is 0 Å². The zero-order valence-electron chi connectivity index (χ0n) is 13.4. The van der Waals surface area contributed by atoms with Crippen molar-refractivity contribution in [2.24, 2.45) is 0 Å². The summed E-state index contributed by atoms with van der Waals surface area (Å²) in [6.45, 7) is 0. The number of hydrogen-bond acceptors (Lipinski definition) is 6. The summed E-state index contributed by atoms with van der Waals surface area (Å²) in [5.41, 5.74) is 1.64. The summed E-state index contributed by atoms with van der Waals surface area (Å²) in [5, 5.41) is 14.8. The maximum Gasteiger partial charge on any atom is 0.269 e. The number of nitrogens with zero attached hydrogens (tertiary/aromatic N) is 3. The number of H-pyrrole nitrogens is 1. The fraction of sp³-hybridized carbons (Fsp3) is 0. The van der Waals surface area contributed by atoms with Crippen LogP contribution in [0.5, 0.6) is 11.5 Å². The SMILES string of the molecule is O=[N+]([O-])c1ccc(Oc2ccc(Nc3ncnc4[nH]ccc34)cc2)cc1. The molecule has 4 rings (SSSR count). The van der Waals surface area contributed by atoms with Crippen LogP contribution in [0.15, 0.2) is 67.1 Å². The summed E-state index contributed by atoms with van der Waals surface area (Å²) in [4.78, 5) is 21.7. The summed E-state index contributed by atoms with van der Waals surface area (Å²) in [5.74, 6) is 1.86. The molecule has 0 bridgehead atoms. The maximum atomic E-state index is 10.7. The lowest BCUT2D eigenvalue weighted by atomic mass is 10.2. The van der Waals surface area contributed by atoms with Gasteiger partial charge >= 0.3 is 0 Å². The summed E-state index contributed by atoms with van der Waals surface area (Å²) in [7, 11) is 0. The van der Waals surface area contributed by atoms with Gasteiger partial charge in [0.2, 0.25) is 0 Å². The Morgan fingerprint density at radius 1 is 0.962 bits per heavy atom. The van der Waals surface area contributed by atoms with E-state index in [1.165, 1.54) is 18.5 Å². The molecule has 0 aliphatic carbocycles. The lowest BCUT2D eigenvalue weighted by Gasteiger charge is -2.09. The molecule has 0 fully saturated rings. The minimum atomic E-state index is -0.446. The average molecular weight is 347 g/mol. The number of anilines is 2. The van der Waals surface area contributed by atoms with Crippen LogP contribution in [-0.2, 0) is 0 Å². The first-order valence-corrected chi connectivity index (χ1v) is 7.76. The van der Waals surface area contributed by atoms with Gasteiger partial charge in [-0.2, -0.15) is 0 Å². The number of aromatic nitrogens is 3. The minimum Gasteiger partial charge on any atom is -0.457 e. The number of nitro benzene ring substituents is 1. The highest BCUT2D eigenvalue weighted by molar-refractivity contribution is 5.88. The second kappa shape index (κ2) is 6.52. The van der Waals surface area contributed by atoms with Crippen LogP contribution in [0, 0.1) is 10.1 Å². The summed E-state index contributed by atoms with van der Waals surface area (Å²) < 4.78 is 5.70. The van der Waals surface area contributed by atoms with Gasteiger partial charge in [-0.3, -0.25) is 10.1 Å². The Morgan fingerprint density at radius 3 is 2.35 bits per heavy atom. The van der Waals surface area contributed by atoms with Gasteiger partial charge in [0, 0.05) is 24.0 Å². The van der Waals surface area contributed by atoms with Gasteiger partial charge in [-0.15, -0.1) is 0 Å². The van der Waals surface area contributed by atoms with E-state index in [-0.39, 0.29) is 5.69 Å². The zero-order valence-corrected chi connectivity index (χ0v) is 13.4.